The third-order valence-corrected chi connectivity index (χ3v) is 2.63. The molecule has 1 aromatic heterocycles. The average molecular weight is 200 g/mol. The second-order valence-corrected chi connectivity index (χ2v) is 3.52. The maximum atomic E-state index is 11.6. The van der Waals surface area contributed by atoms with Crippen LogP contribution in [0.3, 0.4) is 0 Å². The zero-order valence-corrected chi connectivity index (χ0v) is 7.86. The first-order valence-corrected chi connectivity index (χ1v) is 4.70. The van der Waals surface area contributed by atoms with Gasteiger partial charge in [-0.15, -0.1) is 0 Å². The Balaban J connectivity index is 2.70. The summed E-state index contributed by atoms with van der Waals surface area (Å²) in [5, 5.41) is 0.566. The summed E-state index contributed by atoms with van der Waals surface area (Å²) < 4.78 is 1.58. The van der Waals surface area contributed by atoms with Crippen LogP contribution in [0.25, 0.3) is 17.0 Å². The van der Waals surface area contributed by atoms with Gasteiger partial charge in [0.05, 0.1) is 10.9 Å². The SMILES string of the molecule is O=c1[nH]c(=O)n2c3c(cccc13)C=CC2. The molecular weight excluding hydrogens is 192 g/mol. The lowest BCUT2D eigenvalue weighted by atomic mass is 10.1. The number of rotatable bonds is 0. The van der Waals surface area contributed by atoms with Crippen molar-refractivity contribution < 1.29 is 0 Å². The highest BCUT2D eigenvalue weighted by Crippen LogP contribution is 2.18. The highest BCUT2D eigenvalue weighted by atomic mass is 16.2. The number of para-hydroxylation sites is 1. The molecule has 0 saturated carbocycles. The molecule has 3 rings (SSSR count). The van der Waals surface area contributed by atoms with Crippen molar-refractivity contribution in [1.82, 2.24) is 9.55 Å². The Morgan fingerprint density at radius 3 is 3.00 bits per heavy atom. The quantitative estimate of drug-likeness (QED) is 0.681. The monoisotopic (exact) mass is 200 g/mol. The molecule has 15 heavy (non-hydrogen) atoms. The third-order valence-electron chi connectivity index (χ3n) is 2.63. The van der Waals surface area contributed by atoms with E-state index in [0.29, 0.717) is 11.9 Å². The highest BCUT2D eigenvalue weighted by Gasteiger charge is 2.11. The number of allylic oxidation sites excluding steroid dienone is 1. The topological polar surface area (TPSA) is 54.9 Å². The van der Waals surface area contributed by atoms with Gasteiger partial charge in [0.15, 0.2) is 0 Å². The van der Waals surface area contributed by atoms with E-state index in [2.05, 4.69) is 4.98 Å². The van der Waals surface area contributed by atoms with Crippen molar-refractivity contribution >= 4 is 17.0 Å². The molecule has 0 bridgehead atoms. The van der Waals surface area contributed by atoms with Gasteiger partial charge < -0.3 is 0 Å². The summed E-state index contributed by atoms with van der Waals surface area (Å²) in [5.74, 6) is 0. The van der Waals surface area contributed by atoms with Gasteiger partial charge in [-0.3, -0.25) is 14.3 Å². The van der Waals surface area contributed by atoms with E-state index in [9.17, 15) is 9.59 Å². The van der Waals surface area contributed by atoms with Gasteiger partial charge >= 0.3 is 5.69 Å². The Kier molecular flexibility index (Phi) is 1.48. The van der Waals surface area contributed by atoms with E-state index in [1.165, 1.54) is 0 Å². The number of hydrogen-bond acceptors (Lipinski definition) is 2. The zero-order valence-electron chi connectivity index (χ0n) is 7.86. The van der Waals surface area contributed by atoms with Gasteiger partial charge in [0, 0.05) is 6.54 Å². The van der Waals surface area contributed by atoms with Crippen LogP contribution in [0.2, 0.25) is 0 Å². The minimum atomic E-state index is -0.343. The van der Waals surface area contributed by atoms with Gasteiger partial charge in [0.1, 0.15) is 0 Å². The Bertz CT molecular complexity index is 692. The Morgan fingerprint density at radius 2 is 2.13 bits per heavy atom. The van der Waals surface area contributed by atoms with E-state index in [1.54, 1.807) is 10.6 Å². The van der Waals surface area contributed by atoms with Crippen molar-refractivity contribution in [2.45, 2.75) is 6.54 Å². The fraction of sp³-hybridized carbons (Fsp3) is 0.0909. The molecule has 0 atom stereocenters. The molecular formula is C11H8N2O2. The maximum absolute atomic E-state index is 11.6. The standard InChI is InChI=1S/C11H8N2O2/c14-10-8-5-1-3-7-4-2-6-13(9(7)8)11(15)12-10/h1-5H,6H2,(H,12,14,15). The molecule has 2 aromatic rings. The largest absolute Gasteiger partial charge is 0.329 e. The first kappa shape index (κ1) is 8.23. The maximum Gasteiger partial charge on any atom is 0.329 e. The van der Waals surface area contributed by atoms with E-state index in [0.717, 1.165) is 11.1 Å². The van der Waals surface area contributed by atoms with E-state index < -0.39 is 0 Å². The molecule has 1 aliphatic heterocycles. The first-order chi connectivity index (χ1) is 7.27. The fourth-order valence-electron chi connectivity index (χ4n) is 1.97. The fourth-order valence-corrected chi connectivity index (χ4v) is 1.97. The normalized spacial score (nSPS) is 13.3. The van der Waals surface area contributed by atoms with Gasteiger partial charge in [0.2, 0.25) is 0 Å². The highest BCUT2D eigenvalue weighted by molar-refractivity contribution is 5.87. The van der Waals surface area contributed by atoms with Crippen LogP contribution in [0, 0.1) is 0 Å². The number of aromatic nitrogens is 2. The van der Waals surface area contributed by atoms with Crippen LogP contribution in [-0.4, -0.2) is 9.55 Å². The molecule has 0 fully saturated rings. The summed E-state index contributed by atoms with van der Waals surface area (Å²) >= 11 is 0. The molecule has 2 heterocycles. The zero-order chi connectivity index (χ0) is 10.4. The predicted molar refractivity (Wildman–Crippen MR) is 57.9 cm³/mol. The molecule has 4 nitrogen and oxygen atoms in total. The lowest BCUT2D eigenvalue weighted by molar-refractivity contribution is 0.770. The van der Waals surface area contributed by atoms with Crippen molar-refractivity contribution in [3.8, 4) is 0 Å². The second-order valence-electron chi connectivity index (χ2n) is 3.52. The van der Waals surface area contributed by atoms with Gasteiger partial charge in [-0.25, -0.2) is 4.79 Å². The predicted octanol–water partition coefficient (Wildman–Crippen LogP) is 0.717. The van der Waals surface area contributed by atoms with Crippen LogP contribution in [0.15, 0.2) is 33.9 Å². The molecule has 0 unspecified atom stereocenters. The van der Waals surface area contributed by atoms with Crippen LogP contribution in [0.1, 0.15) is 5.56 Å². The van der Waals surface area contributed by atoms with Crippen LogP contribution in [0.4, 0.5) is 0 Å². The smallest absolute Gasteiger partial charge is 0.289 e. The van der Waals surface area contributed by atoms with Crippen LogP contribution < -0.4 is 11.2 Å². The molecule has 0 saturated heterocycles. The molecule has 1 aromatic carbocycles. The van der Waals surface area contributed by atoms with Crippen molar-refractivity contribution in [1.29, 1.82) is 0 Å². The first-order valence-electron chi connectivity index (χ1n) is 4.70. The minimum Gasteiger partial charge on any atom is -0.289 e. The summed E-state index contributed by atoms with van der Waals surface area (Å²) in [6, 6.07) is 5.44. The Hall–Kier alpha value is -2.10. The number of nitrogens with one attached hydrogen (secondary N) is 1. The van der Waals surface area contributed by atoms with Crippen molar-refractivity contribution in [3.63, 3.8) is 0 Å². The van der Waals surface area contributed by atoms with Crippen molar-refractivity contribution in [3.05, 3.63) is 50.7 Å². The number of hydrogen-bond donors (Lipinski definition) is 1. The lowest BCUT2D eigenvalue weighted by Crippen LogP contribution is -2.31. The van der Waals surface area contributed by atoms with Gasteiger partial charge in [-0.05, 0) is 11.6 Å². The molecule has 0 radical (unpaired) electrons. The van der Waals surface area contributed by atoms with Crippen molar-refractivity contribution in [2.24, 2.45) is 0 Å². The van der Waals surface area contributed by atoms with E-state index in [-0.39, 0.29) is 11.2 Å². The van der Waals surface area contributed by atoms with E-state index in [4.69, 9.17) is 0 Å². The molecule has 0 aliphatic carbocycles. The molecule has 74 valence electrons. The summed E-state index contributed by atoms with van der Waals surface area (Å²) in [7, 11) is 0. The molecule has 0 amide bonds. The number of H-pyrrole nitrogens is 1. The number of nitrogens with zero attached hydrogens (tertiary/aromatic N) is 1. The van der Waals surface area contributed by atoms with Gasteiger partial charge in [0.25, 0.3) is 5.56 Å². The van der Waals surface area contributed by atoms with Gasteiger partial charge in [-0.1, -0.05) is 24.3 Å². The van der Waals surface area contributed by atoms with Gasteiger partial charge in [-0.2, -0.15) is 0 Å². The van der Waals surface area contributed by atoms with Crippen LogP contribution in [-0.2, 0) is 6.54 Å². The second kappa shape index (κ2) is 2.70. The number of benzene rings is 1. The summed E-state index contributed by atoms with van der Waals surface area (Å²) in [6.07, 6.45) is 3.84. The Labute approximate surface area is 84.5 Å². The van der Waals surface area contributed by atoms with Crippen LogP contribution >= 0.6 is 0 Å². The molecule has 0 spiro atoms. The molecule has 1 aliphatic rings. The lowest BCUT2D eigenvalue weighted by Gasteiger charge is -2.13. The minimum absolute atomic E-state index is 0.316. The summed E-state index contributed by atoms with van der Waals surface area (Å²) in [4.78, 5) is 25.4. The average Bonchev–Trinajstić information content (AvgIpc) is 2.25. The number of aromatic amines is 1. The summed E-state index contributed by atoms with van der Waals surface area (Å²) in [5.41, 5.74) is 0.989. The molecule has 4 heteroatoms. The molecule has 1 N–H and O–H groups in total. The Morgan fingerprint density at radius 1 is 1.27 bits per heavy atom. The summed E-state index contributed by atoms with van der Waals surface area (Å²) in [6.45, 7) is 0.517. The van der Waals surface area contributed by atoms with E-state index >= 15 is 0 Å². The third kappa shape index (κ3) is 1.01. The van der Waals surface area contributed by atoms with Crippen molar-refractivity contribution in [2.75, 3.05) is 0 Å². The van der Waals surface area contributed by atoms with E-state index in [1.807, 2.05) is 24.3 Å². The van der Waals surface area contributed by atoms with Crippen LogP contribution in [0.5, 0.6) is 0 Å².